The molecular weight excluding hydrogens is 302 g/mol. The van der Waals surface area contributed by atoms with Gasteiger partial charge in [0.15, 0.2) is 5.78 Å². The van der Waals surface area contributed by atoms with E-state index in [0.29, 0.717) is 12.8 Å². The normalized spacial score (nSPS) is 10.9. The molecule has 0 saturated heterocycles. The van der Waals surface area contributed by atoms with Gasteiger partial charge in [0, 0.05) is 42.0 Å². The Bertz CT molecular complexity index is 687. The van der Waals surface area contributed by atoms with E-state index >= 15 is 0 Å². The molecular formula is C20H27NO3. The molecule has 0 fully saturated rings. The molecule has 0 radical (unpaired) electrons. The molecule has 1 aromatic carbocycles. The van der Waals surface area contributed by atoms with Gasteiger partial charge in [-0.3, -0.25) is 9.59 Å². The van der Waals surface area contributed by atoms with Gasteiger partial charge in [-0.1, -0.05) is 44.4 Å². The monoisotopic (exact) mass is 329 g/mol. The molecule has 2 rings (SSSR count). The first-order chi connectivity index (χ1) is 11.7. The zero-order valence-electron chi connectivity index (χ0n) is 14.7. The fourth-order valence-electron chi connectivity index (χ4n) is 2.99. The van der Waals surface area contributed by atoms with Gasteiger partial charge in [-0.25, -0.2) is 0 Å². The predicted octanol–water partition coefficient (Wildman–Crippen LogP) is 4.75. The maximum atomic E-state index is 12.6. The number of hydrogen-bond acceptors (Lipinski definition) is 3. The summed E-state index contributed by atoms with van der Waals surface area (Å²) in [5, 5.41) is 1.01. The number of rotatable bonds is 10. The first kappa shape index (κ1) is 18.2. The number of para-hydroxylation sites is 1. The third-order valence-electron chi connectivity index (χ3n) is 4.35. The number of carbonyl (C=O) groups is 2. The fraction of sp³-hybridized carbons (Fsp3) is 0.500. The molecule has 2 aromatic rings. The van der Waals surface area contributed by atoms with Gasteiger partial charge < -0.3 is 9.30 Å². The lowest BCUT2D eigenvalue weighted by Gasteiger charge is -2.04. The summed E-state index contributed by atoms with van der Waals surface area (Å²) in [5.41, 5.74) is 1.89. The number of ether oxygens (including phenoxy) is 1. The van der Waals surface area contributed by atoms with Gasteiger partial charge in [0.05, 0.1) is 7.11 Å². The Hall–Kier alpha value is -2.10. The van der Waals surface area contributed by atoms with Crippen molar-refractivity contribution >= 4 is 22.7 Å². The van der Waals surface area contributed by atoms with Crippen LogP contribution in [0.1, 0.15) is 62.2 Å². The van der Waals surface area contributed by atoms with Crippen LogP contribution in [-0.4, -0.2) is 23.4 Å². The van der Waals surface area contributed by atoms with Crippen molar-refractivity contribution in [1.82, 2.24) is 4.57 Å². The molecule has 0 unspecified atom stereocenters. The van der Waals surface area contributed by atoms with Gasteiger partial charge >= 0.3 is 5.97 Å². The summed E-state index contributed by atoms with van der Waals surface area (Å²) in [6.45, 7) is 3.14. The maximum Gasteiger partial charge on any atom is 0.305 e. The Labute approximate surface area is 143 Å². The van der Waals surface area contributed by atoms with Crippen LogP contribution in [0, 0.1) is 0 Å². The van der Waals surface area contributed by atoms with Gasteiger partial charge in [-0.15, -0.1) is 0 Å². The lowest BCUT2D eigenvalue weighted by Crippen LogP contribution is -2.03. The molecule has 1 heterocycles. The highest BCUT2D eigenvalue weighted by Gasteiger charge is 2.15. The van der Waals surface area contributed by atoms with Crippen molar-refractivity contribution in [2.24, 2.45) is 0 Å². The summed E-state index contributed by atoms with van der Waals surface area (Å²) >= 11 is 0. The van der Waals surface area contributed by atoms with Crippen LogP contribution in [0.3, 0.4) is 0 Å². The highest BCUT2D eigenvalue weighted by Crippen LogP contribution is 2.24. The van der Waals surface area contributed by atoms with E-state index in [4.69, 9.17) is 0 Å². The summed E-state index contributed by atoms with van der Waals surface area (Å²) in [6.07, 6.45) is 7.98. The van der Waals surface area contributed by atoms with Crippen LogP contribution >= 0.6 is 0 Å². The zero-order chi connectivity index (χ0) is 17.4. The van der Waals surface area contributed by atoms with Crippen LogP contribution in [0.25, 0.3) is 10.9 Å². The average molecular weight is 329 g/mol. The second-order valence-corrected chi connectivity index (χ2v) is 6.17. The lowest BCUT2D eigenvalue weighted by atomic mass is 10.0. The minimum absolute atomic E-state index is 0.0995. The molecule has 4 nitrogen and oxygen atoms in total. The molecule has 0 aliphatic heterocycles. The van der Waals surface area contributed by atoms with Crippen LogP contribution in [0.15, 0.2) is 30.5 Å². The third kappa shape index (κ3) is 4.70. The first-order valence-corrected chi connectivity index (χ1v) is 8.85. The van der Waals surface area contributed by atoms with Gasteiger partial charge in [0.25, 0.3) is 0 Å². The average Bonchev–Trinajstić information content (AvgIpc) is 2.97. The van der Waals surface area contributed by atoms with Crippen molar-refractivity contribution in [1.29, 1.82) is 0 Å². The Morgan fingerprint density at radius 2 is 1.83 bits per heavy atom. The molecule has 4 heteroatoms. The van der Waals surface area contributed by atoms with Gasteiger partial charge in [0.1, 0.15) is 0 Å². The highest BCUT2D eigenvalue weighted by molar-refractivity contribution is 6.08. The Morgan fingerprint density at radius 1 is 1.04 bits per heavy atom. The summed E-state index contributed by atoms with van der Waals surface area (Å²) in [4.78, 5) is 23.7. The standard InChI is InChI=1S/C20H27NO3/c1-3-4-5-8-14-21-15-17(16-10-6-7-11-18(16)21)19(22)12-9-13-20(23)24-2/h6-7,10-11,15H,3-5,8-9,12-14H2,1-2H3. The SMILES string of the molecule is CCCCCCn1cc(C(=O)CCCC(=O)OC)c2ccccc21. The largest absolute Gasteiger partial charge is 0.469 e. The Kier molecular flexibility index (Phi) is 7.04. The number of nitrogens with zero attached hydrogens (tertiary/aromatic N) is 1. The van der Waals surface area contributed by atoms with Crippen molar-refractivity contribution in [3.05, 3.63) is 36.0 Å². The minimum atomic E-state index is -0.263. The minimum Gasteiger partial charge on any atom is -0.469 e. The molecule has 0 N–H and O–H groups in total. The number of Topliss-reactive ketones (excluding diaryl/α,β-unsaturated/α-hetero) is 1. The summed E-state index contributed by atoms with van der Waals surface area (Å²) in [5.74, 6) is -0.163. The molecule has 130 valence electrons. The van der Waals surface area contributed by atoms with Gasteiger partial charge in [-0.2, -0.15) is 0 Å². The number of aryl methyl sites for hydroxylation is 1. The van der Waals surface area contributed by atoms with E-state index in [2.05, 4.69) is 22.3 Å². The highest BCUT2D eigenvalue weighted by atomic mass is 16.5. The number of hydrogen-bond donors (Lipinski definition) is 0. The van der Waals surface area contributed by atoms with E-state index in [1.54, 1.807) is 0 Å². The number of esters is 1. The molecule has 0 spiro atoms. The van der Waals surface area contributed by atoms with Gasteiger partial charge in [0.2, 0.25) is 0 Å². The number of ketones is 1. The van der Waals surface area contributed by atoms with Crippen LogP contribution in [0.4, 0.5) is 0 Å². The second-order valence-electron chi connectivity index (χ2n) is 6.17. The summed E-state index contributed by atoms with van der Waals surface area (Å²) < 4.78 is 6.81. The van der Waals surface area contributed by atoms with Crippen LogP contribution < -0.4 is 0 Å². The van der Waals surface area contributed by atoms with Crippen LogP contribution in [-0.2, 0) is 16.1 Å². The molecule has 0 aliphatic carbocycles. The summed E-state index contributed by atoms with van der Waals surface area (Å²) in [7, 11) is 1.37. The number of unbranched alkanes of at least 4 members (excludes halogenated alkanes) is 3. The molecule has 24 heavy (non-hydrogen) atoms. The van der Waals surface area contributed by atoms with Crippen molar-refractivity contribution in [3.8, 4) is 0 Å². The molecule has 0 saturated carbocycles. The predicted molar refractivity (Wildman–Crippen MR) is 96.3 cm³/mol. The smallest absolute Gasteiger partial charge is 0.305 e. The Balaban J connectivity index is 2.08. The van der Waals surface area contributed by atoms with Crippen molar-refractivity contribution < 1.29 is 14.3 Å². The quantitative estimate of drug-likeness (QED) is 0.359. The van der Waals surface area contributed by atoms with E-state index in [9.17, 15) is 9.59 Å². The summed E-state index contributed by atoms with van der Waals surface area (Å²) in [6, 6.07) is 8.05. The van der Waals surface area contributed by atoms with Crippen molar-refractivity contribution in [3.63, 3.8) is 0 Å². The lowest BCUT2D eigenvalue weighted by molar-refractivity contribution is -0.140. The van der Waals surface area contributed by atoms with Crippen LogP contribution in [0.2, 0.25) is 0 Å². The number of benzene rings is 1. The molecule has 0 bridgehead atoms. The van der Waals surface area contributed by atoms with Crippen molar-refractivity contribution in [2.45, 2.75) is 58.4 Å². The molecule has 0 atom stereocenters. The van der Waals surface area contributed by atoms with Crippen molar-refractivity contribution in [2.75, 3.05) is 7.11 Å². The zero-order valence-corrected chi connectivity index (χ0v) is 14.7. The molecule has 0 aliphatic rings. The number of fused-ring (bicyclic) bond motifs is 1. The number of carbonyl (C=O) groups excluding carboxylic acids is 2. The first-order valence-electron chi connectivity index (χ1n) is 8.85. The van der Waals surface area contributed by atoms with E-state index in [0.717, 1.165) is 29.4 Å². The van der Waals surface area contributed by atoms with E-state index in [-0.39, 0.29) is 18.2 Å². The molecule has 1 aromatic heterocycles. The number of methoxy groups -OCH3 is 1. The van der Waals surface area contributed by atoms with E-state index in [1.807, 2.05) is 24.4 Å². The fourth-order valence-corrected chi connectivity index (χ4v) is 2.99. The second kappa shape index (κ2) is 9.26. The number of aromatic nitrogens is 1. The third-order valence-corrected chi connectivity index (χ3v) is 4.35. The van der Waals surface area contributed by atoms with E-state index in [1.165, 1.54) is 26.4 Å². The van der Waals surface area contributed by atoms with E-state index < -0.39 is 0 Å². The topological polar surface area (TPSA) is 48.3 Å². The van der Waals surface area contributed by atoms with Gasteiger partial charge in [-0.05, 0) is 18.9 Å². The maximum absolute atomic E-state index is 12.6. The Morgan fingerprint density at radius 3 is 2.58 bits per heavy atom. The molecule has 0 amide bonds. The van der Waals surface area contributed by atoms with Crippen LogP contribution in [0.5, 0.6) is 0 Å².